The number of nitrogens with two attached hydrogens (primary N) is 1. The molecule has 3 nitrogen and oxygen atoms in total. The summed E-state index contributed by atoms with van der Waals surface area (Å²) in [6, 6.07) is 9.09. The van der Waals surface area contributed by atoms with Gasteiger partial charge in [-0.25, -0.2) is 0 Å². The molecule has 0 aliphatic heterocycles. The van der Waals surface area contributed by atoms with E-state index < -0.39 is 0 Å². The predicted molar refractivity (Wildman–Crippen MR) is 80.9 cm³/mol. The van der Waals surface area contributed by atoms with E-state index in [0.717, 1.165) is 25.3 Å². The van der Waals surface area contributed by atoms with Crippen molar-refractivity contribution in [2.75, 3.05) is 25.1 Å². The van der Waals surface area contributed by atoms with Crippen LogP contribution in [-0.4, -0.2) is 26.2 Å². The highest BCUT2D eigenvalue weighted by Gasteiger charge is 2.21. The Bertz CT molecular complexity index is 375. The summed E-state index contributed by atoms with van der Waals surface area (Å²) in [7, 11) is 1.73. The van der Waals surface area contributed by atoms with Crippen LogP contribution in [0.5, 0.6) is 5.75 Å². The number of hydrogen-bond acceptors (Lipinski definition) is 3. The van der Waals surface area contributed by atoms with Gasteiger partial charge in [0.1, 0.15) is 5.75 Å². The zero-order valence-corrected chi connectivity index (χ0v) is 12.0. The SMILES string of the molecule is COc1cccc(N(CCCN)C2CCCCC2)c1. The van der Waals surface area contributed by atoms with E-state index in [-0.39, 0.29) is 0 Å². The zero-order chi connectivity index (χ0) is 13.5. The molecule has 3 heteroatoms. The summed E-state index contributed by atoms with van der Waals surface area (Å²) >= 11 is 0. The van der Waals surface area contributed by atoms with Crippen LogP contribution < -0.4 is 15.4 Å². The van der Waals surface area contributed by atoms with Crippen molar-refractivity contribution >= 4 is 5.69 Å². The minimum Gasteiger partial charge on any atom is -0.497 e. The van der Waals surface area contributed by atoms with Crippen molar-refractivity contribution in [2.24, 2.45) is 5.73 Å². The fourth-order valence-corrected chi connectivity index (χ4v) is 2.97. The highest BCUT2D eigenvalue weighted by molar-refractivity contribution is 5.51. The Kier molecular flexibility index (Phi) is 5.52. The fraction of sp³-hybridized carbons (Fsp3) is 0.625. The minimum absolute atomic E-state index is 0.674. The fourth-order valence-electron chi connectivity index (χ4n) is 2.97. The van der Waals surface area contributed by atoms with Gasteiger partial charge in [-0.1, -0.05) is 25.3 Å². The molecule has 0 unspecified atom stereocenters. The minimum atomic E-state index is 0.674. The van der Waals surface area contributed by atoms with E-state index in [1.165, 1.54) is 37.8 Å². The van der Waals surface area contributed by atoms with Gasteiger partial charge in [0.05, 0.1) is 7.11 Å². The van der Waals surface area contributed by atoms with Gasteiger partial charge in [-0.15, -0.1) is 0 Å². The summed E-state index contributed by atoms with van der Waals surface area (Å²) in [5.74, 6) is 0.936. The van der Waals surface area contributed by atoms with Crippen LogP contribution in [0.25, 0.3) is 0 Å². The Hall–Kier alpha value is -1.22. The number of hydrogen-bond donors (Lipinski definition) is 1. The molecule has 0 heterocycles. The first-order valence-electron chi connectivity index (χ1n) is 7.46. The smallest absolute Gasteiger partial charge is 0.120 e. The van der Waals surface area contributed by atoms with E-state index in [1.807, 2.05) is 6.07 Å². The normalized spacial score (nSPS) is 16.3. The van der Waals surface area contributed by atoms with Crippen molar-refractivity contribution < 1.29 is 4.74 Å². The molecular formula is C16H26N2O. The van der Waals surface area contributed by atoms with Crippen LogP contribution in [0, 0.1) is 0 Å². The van der Waals surface area contributed by atoms with E-state index in [2.05, 4.69) is 23.1 Å². The molecule has 1 fully saturated rings. The molecule has 1 aromatic rings. The van der Waals surface area contributed by atoms with Gasteiger partial charge in [0.15, 0.2) is 0 Å². The van der Waals surface area contributed by atoms with Crippen LogP contribution in [0.4, 0.5) is 5.69 Å². The van der Waals surface area contributed by atoms with Gasteiger partial charge in [0.25, 0.3) is 0 Å². The summed E-state index contributed by atoms with van der Waals surface area (Å²) in [5.41, 5.74) is 6.97. The number of ether oxygens (including phenoxy) is 1. The maximum absolute atomic E-state index is 5.69. The van der Waals surface area contributed by atoms with Crippen molar-refractivity contribution in [1.29, 1.82) is 0 Å². The number of anilines is 1. The molecule has 0 amide bonds. The second-order valence-corrected chi connectivity index (χ2v) is 5.33. The number of benzene rings is 1. The molecule has 0 saturated heterocycles. The molecule has 0 aromatic heterocycles. The maximum atomic E-state index is 5.69. The van der Waals surface area contributed by atoms with Crippen LogP contribution in [0.2, 0.25) is 0 Å². The van der Waals surface area contributed by atoms with Gasteiger partial charge in [-0.05, 0) is 37.9 Å². The Morgan fingerprint density at radius 3 is 2.74 bits per heavy atom. The van der Waals surface area contributed by atoms with E-state index in [0.29, 0.717) is 6.04 Å². The molecule has 0 spiro atoms. The van der Waals surface area contributed by atoms with Crippen molar-refractivity contribution in [3.8, 4) is 5.75 Å². The molecule has 0 bridgehead atoms. The lowest BCUT2D eigenvalue weighted by atomic mass is 9.93. The quantitative estimate of drug-likeness (QED) is 0.855. The molecule has 0 atom stereocenters. The lowest BCUT2D eigenvalue weighted by Gasteiger charge is -2.36. The number of nitrogens with zero attached hydrogens (tertiary/aromatic N) is 1. The Balaban J connectivity index is 2.14. The van der Waals surface area contributed by atoms with Gasteiger partial charge >= 0.3 is 0 Å². The summed E-state index contributed by atoms with van der Waals surface area (Å²) in [5, 5.41) is 0. The van der Waals surface area contributed by atoms with Gasteiger partial charge in [0.2, 0.25) is 0 Å². The zero-order valence-electron chi connectivity index (χ0n) is 12.0. The third-order valence-corrected chi connectivity index (χ3v) is 4.00. The second-order valence-electron chi connectivity index (χ2n) is 5.33. The molecule has 2 N–H and O–H groups in total. The summed E-state index contributed by atoms with van der Waals surface area (Å²) < 4.78 is 5.35. The van der Waals surface area contributed by atoms with Crippen LogP contribution in [0.3, 0.4) is 0 Å². The average Bonchev–Trinajstić information content (AvgIpc) is 2.49. The average molecular weight is 262 g/mol. The number of rotatable bonds is 6. The highest BCUT2D eigenvalue weighted by atomic mass is 16.5. The molecule has 1 aromatic carbocycles. The molecule has 19 heavy (non-hydrogen) atoms. The van der Waals surface area contributed by atoms with Crippen molar-refractivity contribution in [1.82, 2.24) is 0 Å². The van der Waals surface area contributed by atoms with E-state index >= 15 is 0 Å². The van der Waals surface area contributed by atoms with Crippen LogP contribution in [0.15, 0.2) is 24.3 Å². The third kappa shape index (κ3) is 3.87. The van der Waals surface area contributed by atoms with Crippen LogP contribution in [0.1, 0.15) is 38.5 Å². The van der Waals surface area contributed by atoms with Gasteiger partial charge in [0, 0.05) is 24.3 Å². The molecule has 0 radical (unpaired) electrons. The predicted octanol–water partition coefficient (Wildman–Crippen LogP) is 3.18. The number of methoxy groups -OCH3 is 1. The van der Waals surface area contributed by atoms with E-state index in [4.69, 9.17) is 10.5 Å². The molecule has 1 saturated carbocycles. The third-order valence-electron chi connectivity index (χ3n) is 4.00. The van der Waals surface area contributed by atoms with Crippen LogP contribution >= 0.6 is 0 Å². The molecule has 106 valence electrons. The van der Waals surface area contributed by atoms with Crippen molar-refractivity contribution in [3.63, 3.8) is 0 Å². The lowest BCUT2D eigenvalue weighted by molar-refractivity contribution is 0.407. The summed E-state index contributed by atoms with van der Waals surface area (Å²) in [6.07, 6.45) is 7.76. The first kappa shape index (κ1) is 14.2. The lowest BCUT2D eigenvalue weighted by Crippen LogP contribution is -2.38. The molecule has 2 rings (SSSR count). The first-order chi connectivity index (χ1) is 9.35. The monoisotopic (exact) mass is 262 g/mol. The van der Waals surface area contributed by atoms with Gasteiger partial charge in [-0.3, -0.25) is 0 Å². The molecule has 1 aliphatic carbocycles. The topological polar surface area (TPSA) is 38.5 Å². The Morgan fingerprint density at radius 1 is 1.26 bits per heavy atom. The largest absolute Gasteiger partial charge is 0.497 e. The molecule has 1 aliphatic rings. The van der Waals surface area contributed by atoms with Crippen molar-refractivity contribution in [2.45, 2.75) is 44.6 Å². The maximum Gasteiger partial charge on any atom is 0.120 e. The second kappa shape index (κ2) is 7.39. The van der Waals surface area contributed by atoms with Gasteiger partial charge < -0.3 is 15.4 Å². The van der Waals surface area contributed by atoms with E-state index in [9.17, 15) is 0 Å². The van der Waals surface area contributed by atoms with E-state index in [1.54, 1.807) is 7.11 Å². The van der Waals surface area contributed by atoms with Gasteiger partial charge in [-0.2, -0.15) is 0 Å². The standard InChI is InChI=1S/C16H26N2O/c1-19-16-10-5-9-15(13-16)18(12-6-11-17)14-7-3-2-4-8-14/h5,9-10,13-14H,2-4,6-8,11-12,17H2,1H3. The van der Waals surface area contributed by atoms with Crippen LogP contribution in [-0.2, 0) is 0 Å². The molecular weight excluding hydrogens is 236 g/mol. The Morgan fingerprint density at radius 2 is 2.05 bits per heavy atom. The summed E-state index contributed by atoms with van der Waals surface area (Å²) in [6.45, 7) is 1.81. The summed E-state index contributed by atoms with van der Waals surface area (Å²) in [4.78, 5) is 2.54. The first-order valence-corrected chi connectivity index (χ1v) is 7.46. The van der Waals surface area contributed by atoms with Crippen molar-refractivity contribution in [3.05, 3.63) is 24.3 Å². The highest BCUT2D eigenvalue weighted by Crippen LogP contribution is 2.29. The Labute approximate surface area is 116 Å².